The number of furan rings is 1. The van der Waals surface area contributed by atoms with Gasteiger partial charge in [0.05, 0.1) is 11.3 Å². The lowest BCUT2D eigenvalue weighted by Crippen LogP contribution is -2.17. The zero-order valence-corrected chi connectivity index (χ0v) is 16.0. The summed E-state index contributed by atoms with van der Waals surface area (Å²) in [5.41, 5.74) is 5.02. The van der Waals surface area contributed by atoms with Crippen LogP contribution in [0.2, 0.25) is 0 Å². The highest BCUT2D eigenvalue weighted by molar-refractivity contribution is 6.08. The van der Waals surface area contributed by atoms with E-state index >= 15 is 0 Å². The van der Waals surface area contributed by atoms with E-state index < -0.39 is 0 Å². The molecule has 2 aromatic heterocycles. The van der Waals surface area contributed by atoms with Gasteiger partial charge in [-0.2, -0.15) is 0 Å². The highest BCUT2D eigenvalue weighted by Crippen LogP contribution is 2.36. The Morgan fingerprint density at radius 1 is 0.923 bits per heavy atom. The minimum Gasteiger partial charge on any atom is -0.455 e. The van der Waals surface area contributed by atoms with Gasteiger partial charge in [0.1, 0.15) is 11.2 Å². The van der Waals surface area contributed by atoms with Crippen LogP contribution in [0, 0.1) is 0 Å². The molecule has 2 aromatic carbocycles. The first kappa shape index (κ1) is 16.8. The Bertz CT molecular complexity index is 1100. The van der Waals surface area contributed by atoms with Crippen LogP contribution in [0.3, 0.4) is 0 Å². The zero-order valence-electron chi connectivity index (χ0n) is 16.0. The minimum atomic E-state index is 0.0174. The molecule has 0 amide bonds. The van der Waals surface area contributed by atoms with E-state index in [9.17, 15) is 0 Å². The predicted molar refractivity (Wildman–Crippen MR) is 108 cm³/mol. The third-order valence-electron chi connectivity index (χ3n) is 4.82. The fourth-order valence-electron chi connectivity index (χ4n) is 3.47. The van der Waals surface area contributed by atoms with Gasteiger partial charge in [-0.1, -0.05) is 65.0 Å². The van der Waals surface area contributed by atoms with E-state index in [1.54, 1.807) is 0 Å². The summed E-state index contributed by atoms with van der Waals surface area (Å²) in [7, 11) is 0. The van der Waals surface area contributed by atoms with Crippen LogP contribution in [-0.2, 0) is 5.41 Å². The Balaban J connectivity index is 1.97. The number of hydrogen-bond acceptors (Lipinski definition) is 3. The number of nitrogens with zero attached hydrogens (tertiary/aromatic N) is 2. The third kappa shape index (κ3) is 2.68. The molecule has 132 valence electrons. The van der Waals surface area contributed by atoms with Crippen LogP contribution in [0.15, 0.2) is 53.1 Å². The lowest BCUT2D eigenvalue weighted by molar-refractivity contribution is 0.566. The lowest BCUT2D eigenvalue weighted by atomic mass is 9.84. The maximum atomic E-state index is 6.16. The number of hydrogen-bond donors (Lipinski definition) is 0. The second-order valence-electron chi connectivity index (χ2n) is 8.18. The molecule has 4 aromatic rings. The molecule has 0 atom stereocenters. The first-order valence-electron chi connectivity index (χ1n) is 9.14. The monoisotopic (exact) mass is 344 g/mol. The van der Waals surface area contributed by atoms with E-state index in [2.05, 4.69) is 52.8 Å². The second-order valence-corrected chi connectivity index (χ2v) is 8.18. The Kier molecular flexibility index (Phi) is 3.83. The molecule has 0 fully saturated rings. The number of fused-ring (bicyclic) bond motifs is 3. The topological polar surface area (TPSA) is 38.9 Å². The number of benzene rings is 2. The van der Waals surface area contributed by atoms with Crippen molar-refractivity contribution in [3.8, 4) is 11.4 Å². The van der Waals surface area contributed by atoms with Crippen molar-refractivity contribution in [2.45, 2.75) is 46.0 Å². The van der Waals surface area contributed by atoms with Crippen molar-refractivity contribution in [3.05, 3.63) is 59.9 Å². The summed E-state index contributed by atoms with van der Waals surface area (Å²) >= 11 is 0. The van der Waals surface area contributed by atoms with Crippen LogP contribution < -0.4 is 0 Å². The first-order valence-corrected chi connectivity index (χ1v) is 9.14. The van der Waals surface area contributed by atoms with Crippen molar-refractivity contribution >= 4 is 21.9 Å². The molecule has 0 aliphatic rings. The Labute approximate surface area is 154 Å². The van der Waals surface area contributed by atoms with Gasteiger partial charge in [0.25, 0.3) is 0 Å². The molecule has 0 radical (unpaired) electrons. The molecule has 0 saturated carbocycles. The molecular weight excluding hydrogens is 320 g/mol. The summed E-state index contributed by atoms with van der Waals surface area (Å²) in [6, 6.07) is 14.3. The molecule has 0 saturated heterocycles. The summed E-state index contributed by atoms with van der Waals surface area (Å²) < 4.78 is 6.16. The molecule has 0 unspecified atom stereocenters. The van der Waals surface area contributed by atoms with Gasteiger partial charge in [-0.05, 0) is 29.0 Å². The van der Waals surface area contributed by atoms with E-state index in [0.29, 0.717) is 5.92 Å². The Hall–Kier alpha value is -2.68. The molecule has 26 heavy (non-hydrogen) atoms. The van der Waals surface area contributed by atoms with Crippen LogP contribution in [0.25, 0.3) is 33.3 Å². The van der Waals surface area contributed by atoms with E-state index in [0.717, 1.165) is 39.0 Å². The van der Waals surface area contributed by atoms with Crippen molar-refractivity contribution in [3.63, 3.8) is 0 Å². The maximum Gasteiger partial charge on any atom is 0.163 e. The number of para-hydroxylation sites is 2. The van der Waals surface area contributed by atoms with Gasteiger partial charge in [-0.15, -0.1) is 0 Å². The standard InChI is InChI=1S/C23H24N2O/c1-14(2)20-18(23(3,4)5)13-24-22(25-20)17-11-8-10-16-15-9-6-7-12-19(15)26-21(16)17/h6-14H,1-5H3. The average molecular weight is 344 g/mol. The molecular formula is C23H24N2O. The number of aromatic nitrogens is 2. The molecule has 0 bridgehead atoms. The van der Waals surface area contributed by atoms with Crippen molar-refractivity contribution in [2.24, 2.45) is 0 Å². The summed E-state index contributed by atoms with van der Waals surface area (Å²) in [5.74, 6) is 1.06. The van der Waals surface area contributed by atoms with E-state index in [4.69, 9.17) is 14.4 Å². The van der Waals surface area contributed by atoms with Gasteiger partial charge < -0.3 is 4.42 Å². The normalized spacial score (nSPS) is 12.4. The smallest absolute Gasteiger partial charge is 0.163 e. The van der Waals surface area contributed by atoms with Crippen molar-refractivity contribution in [2.75, 3.05) is 0 Å². The van der Waals surface area contributed by atoms with Crippen molar-refractivity contribution in [1.29, 1.82) is 0 Å². The van der Waals surface area contributed by atoms with Crippen LogP contribution in [-0.4, -0.2) is 9.97 Å². The molecule has 2 heterocycles. The Morgan fingerprint density at radius 3 is 2.38 bits per heavy atom. The lowest BCUT2D eigenvalue weighted by Gasteiger charge is -2.23. The molecule has 0 N–H and O–H groups in total. The highest BCUT2D eigenvalue weighted by Gasteiger charge is 2.23. The van der Waals surface area contributed by atoms with Crippen molar-refractivity contribution in [1.82, 2.24) is 9.97 Å². The van der Waals surface area contributed by atoms with E-state index in [-0.39, 0.29) is 5.41 Å². The van der Waals surface area contributed by atoms with Crippen LogP contribution in [0.4, 0.5) is 0 Å². The van der Waals surface area contributed by atoms with E-state index in [1.807, 2.05) is 30.5 Å². The van der Waals surface area contributed by atoms with Gasteiger partial charge in [0.15, 0.2) is 5.82 Å². The zero-order chi connectivity index (χ0) is 18.5. The molecule has 3 heteroatoms. The highest BCUT2D eigenvalue weighted by atomic mass is 16.3. The van der Waals surface area contributed by atoms with Crippen LogP contribution in [0.5, 0.6) is 0 Å². The largest absolute Gasteiger partial charge is 0.455 e. The SMILES string of the molecule is CC(C)c1nc(-c2cccc3c2oc2ccccc23)ncc1C(C)(C)C. The van der Waals surface area contributed by atoms with Crippen LogP contribution >= 0.6 is 0 Å². The molecule has 0 aliphatic heterocycles. The number of rotatable bonds is 2. The van der Waals surface area contributed by atoms with Crippen molar-refractivity contribution < 1.29 is 4.42 Å². The molecule has 3 nitrogen and oxygen atoms in total. The van der Waals surface area contributed by atoms with E-state index in [1.165, 1.54) is 5.56 Å². The quantitative estimate of drug-likeness (QED) is 0.418. The summed E-state index contributed by atoms with van der Waals surface area (Å²) in [4.78, 5) is 9.67. The fraction of sp³-hybridized carbons (Fsp3) is 0.304. The van der Waals surface area contributed by atoms with Gasteiger partial charge >= 0.3 is 0 Å². The molecule has 0 spiro atoms. The Morgan fingerprint density at radius 2 is 1.65 bits per heavy atom. The fourth-order valence-corrected chi connectivity index (χ4v) is 3.47. The maximum absolute atomic E-state index is 6.16. The van der Waals surface area contributed by atoms with Gasteiger partial charge in [0.2, 0.25) is 0 Å². The molecule has 0 aliphatic carbocycles. The summed E-state index contributed by atoms with van der Waals surface area (Å²) in [6.07, 6.45) is 1.99. The average Bonchev–Trinajstić information content (AvgIpc) is 2.99. The van der Waals surface area contributed by atoms with Gasteiger partial charge in [-0.25, -0.2) is 9.97 Å². The minimum absolute atomic E-state index is 0.0174. The predicted octanol–water partition coefficient (Wildman–Crippen LogP) is 6.46. The van der Waals surface area contributed by atoms with Crippen LogP contribution in [0.1, 0.15) is 51.8 Å². The first-order chi connectivity index (χ1) is 12.4. The second kappa shape index (κ2) is 5.94. The summed E-state index contributed by atoms with van der Waals surface area (Å²) in [5, 5.41) is 2.23. The van der Waals surface area contributed by atoms with Gasteiger partial charge in [0, 0.05) is 17.0 Å². The third-order valence-corrected chi connectivity index (χ3v) is 4.82. The van der Waals surface area contributed by atoms with Gasteiger partial charge in [-0.3, -0.25) is 0 Å². The summed E-state index contributed by atoms with van der Waals surface area (Å²) in [6.45, 7) is 11.0. The molecule has 4 rings (SSSR count).